The van der Waals surface area contributed by atoms with Crippen LogP contribution in [0.3, 0.4) is 0 Å². The summed E-state index contributed by atoms with van der Waals surface area (Å²) in [5, 5.41) is 6.62. The lowest BCUT2D eigenvalue weighted by molar-refractivity contribution is 0.0636. The van der Waals surface area contributed by atoms with Crippen molar-refractivity contribution in [1.82, 2.24) is 10.1 Å². The lowest BCUT2D eigenvalue weighted by Crippen LogP contribution is -2.27. The normalized spacial score (nSPS) is 11.1. The molecule has 2 aromatic heterocycles. The topological polar surface area (TPSA) is 86.5 Å². The monoisotopic (exact) mass is 367 g/mol. The maximum Gasteiger partial charge on any atom is 0.412 e. The van der Waals surface area contributed by atoms with Gasteiger partial charge in [0.1, 0.15) is 35.6 Å². The van der Waals surface area contributed by atoms with E-state index < -0.39 is 11.7 Å². The van der Waals surface area contributed by atoms with E-state index in [1.165, 1.54) is 6.26 Å². The van der Waals surface area contributed by atoms with E-state index in [9.17, 15) is 4.79 Å². The van der Waals surface area contributed by atoms with Crippen molar-refractivity contribution in [3.8, 4) is 17.0 Å². The largest absolute Gasteiger partial charge is 0.489 e. The van der Waals surface area contributed by atoms with Crippen molar-refractivity contribution in [2.45, 2.75) is 33.0 Å². The molecule has 0 aliphatic carbocycles. The average Bonchev–Trinajstić information content (AvgIpc) is 3.07. The number of pyridine rings is 1. The molecule has 0 bridgehead atoms. The van der Waals surface area contributed by atoms with Gasteiger partial charge in [0.15, 0.2) is 0 Å². The Balaban J connectivity index is 1.65. The van der Waals surface area contributed by atoms with Gasteiger partial charge >= 0.3 is 6.09 Å². The van der Waals surface area contributed by atoms with Crippen LogP contribution in [0, 0.1) is 0 Å². The van der Waals surface area contributed by atoms with Gasteiger partial charge in [0.25, 0.3) is 0 Å². The Morgan fingerprint density at radius 2 is 1.96 bits per heavy atom. The van der Waals surface area contributed by atoms with Crippen LogP contribution in [-0.4, -0.2) is 21.8 Å². The number of nitrogens with one attached hydrogen (secondary N) is 1. The fraction of sp³-hybridized carbons (Fsp3) is 0.250. The molecule has 0 fully saturated rings. The number of carbonyl (C=O) groups is 1. The first-order valence-corrected chi connectivity index (χ1v) is 8.47. The number of amides is 1. The number of benzene rings is 1. The molecule has 140 valence electrons. The van der Waals surface area contributed by atoms with Crippen LogP contribution >= 0.6 is 0 Å². The summed E-state index contributed by atoms with van der Waals surface area (Å²) < 4.78 is 16.0. The van der Waals surface area contributed by atoms with E-state index in [1.807, 2.05) is 36.4 Å². The molecule has 0 saturated carbocycles. The van der Waals surface area contributed by atoms with Gasteiger partial charge in [0, 0.05) is 23.5 Å². The number of rotatable bonds is 5. The van der Waals surface area contributed by atoms with Crippen molar-refractivity contribution in [2.24, 2.45) is 0 Å². The summed E-state index contributed by atoms with van der Waals surface area (Å²) in [6, 6.07) is 11.2. The van der Waals surface area contributed by atoms with Crippen LogP contribution in [0.15, 0.2) is 59.6 Å². The van der Waals surface area contributed by atoms with Crippen molar-refractivity contribution < 1.29 is 18.8 Å². The minimum atomic E-state index is -0.589. The number of hydrogen-bond donors (Lipinski definition) is 1. The van der Waals surface area contributed by atoms with Crippen molar-refractivity contribution in [2.75, 3.05) is 5.32 Å². The predicted octanol–water partition coefficient (Wildman–Crippen LogP) is 4.66. The Morgan fingerprint density at radius 3 is 2.63 bits per heavy atom. The smallest absolute Gasteiger partial charge is 0.412 e. The number of carbonyl (C=O) groups excluding carboxylic acids is 1. The fourth-order valence-electron chi connectivity index (χ4n) is 2.31. The number of ether oxygens (including phenoxy) is 2. The summed E-state index contributed by atoms with van der Waals surface area (Å²) in [6.45, 7) is 5.82. The van der Waals surface area contributed by atoms with Gasteiger partial charge in [0.05, 0.1) is 0 Å². The first kappa shape index (κ1) is 18.4. The van der Waals surface area contributed by atoms with E-state index in [4.69, 9.17) is 14.0 Å². The lowest BCUT2D eigenvalue weighted by Gasteiger charge is -2.19. The van der Waals surface area contributed by atoms with Crippen LogP contribution < -0.4 is 10.1 Å². The standard InChI is InChI=1S/C20H21N3O4/c1-20(2,3)27-19(24)22-17-13-26-23-18(17)15-6-8-16(9-7-15)25-12-14-5-4-10-21-11-14/h4-11,13H,12H2,1-3H3,(H,22,24). The van der Waals surface area contributed by atoms with Crippen molar-refractivity contribution in [3.63, 3.8) is 0 Å². The lowest BCUT2D eigenvalue weighted by atomic mass is 10.1. The van der Waals surface area contributed by atoms with E-state index in [-0.39, 0.29) is 0 Å². The summed E-state index contributed by atoms with van der Waals surface area (Å²) in [7, 11) is 0. The summed E-state index contributed by atoms with van der Waals surface area (Å²) in [5.41, 5.74) is 2.13. The molecule has 1 amide bonds. The molecular formula is C20H21N3O4. The minimum Gasteiger partial charge on any atom is -0.489 e. The summed E-state index contributed by atoms with van der Waals surface area (Å²) >= 11 is 0. The highest BCUT2D eigenvalue weighted by Gasteiger charge is 2.19. The zero-order chi connectivity index (χ0) is 19.3. The average molecular weight is 367 g/mol. The molecule has 3 rings (SSSR count). The summed E-state index contributed by atoms with van der Waals surface area (Å²) in [5.74, 6) is 0.716. The van der Waals surface area contributed by atoms with E-state index >= 15 is 0 Å². The summed E-state index contributed by atoms with van der Waals surface area (Å²) in [4.78, 5) is 16.0. The van der Waals surface area contributed by atoms with Gasteiger partial charge in [-0.2, -0.15) is 0 Å². The van der Waals surface area contributed by atoms with Gasteiger partial charge in [-0.15, -0.1) is 0 Å². The molecule has 0 aliphatic heterocycles. The van der Waals surface area contributed by atoms with Crippen LogP contribution in [-0.2, 0) is 11.3 Å². The molecular weight excluding hydrogens is 346 g/mol. The Hall–Kier alpha value is -3.35. The van der Waals surface area contributed by atoms with Crippen molar-refractivity contribution >= 4 is 11.8 Å². The third kappa shape index (κ3) is 5.31. The van der Waals surface area contributed by atoms with Crippen LogP contribution in [0.25, 0.3) is 11.3 Å². The van der Waals surface area contributed by atoms with E-state index in [0.717, 1.165) is 11.1 Å². The predicted molar refractivity (Wildman–Crippen MR) is 100 cm³/mol. The van der Waals surface area contributed by atoms with E-state index in [2.05, 4.69) is 15.5 Å². The van der Waals surface area contributed by atoms with Crippen molar-refractivity contribution in [1.29, 1.82) is 0 Å². The number of hydrogen-bond acceptors (Lipinski definition) is 6. The molecule has 7 heteroatoms. The molecule has 0 radical (unpaired) electrons. The Morgan fingerprint density at radius 1 is 1.19 bits per heavy atom. The van der Waals surface area contributed by atoms with Gasteiger partial charge in [-0.25, -0.2) is 4.79 Å². The van der Waals surface area contributed by atoms with Crippen LogP contribution in [0.1, 0.15) is 26.3 Å². The van der Waals surface area contributed by atoms with Gasteiger partial charge in [-0.3, -0.25) is 10.3 Å². The molecule has 0 spiro atoms. The van der Waals surface area contributed by atoms with E-state index in [1.54, 1.807) is 33.2 Å². The molecule has 0 atom stereocenters. The number of aromatic nitrogens is 2. The third-order valence-corrected chi connectivity index (χ3v) is 3.46. The highest BCUT2D eigenvalue weighted by Crippen LogP contribution is 2.28. The second kappa shape index (κ2) is 7.90. The molecule has 0 aliphatic rings. The Kier molecular flexibility index (Phi) is 5.40. The molecule has 0 saturated heterocycles. The maximum atomic E-state index is 12.0. The van der Waals surface area contributed by atoms with Gasteiger partial charge in [-0.05, 0) is 51.1 Å². The van der Waals surface area contributed by atoms with E-state index in [0.29, 0.717) is 23.7 Å². The second-order valence-electron chi connectivity index (χ2n) is 6.88. The SMILES string of the molecule is CC(C)(C)OC(=O)Nc1conc1-c1ccc(OCc2cccnc2)cc1. The molecule has 3 aromatic rings. The van der Waals surface area contributed by atoms with Gasteiger partial charge < -0.3 is 14.0 Å². The maximum absolute atomic E-state index is 12.0. The van der Waals surface area contributed by atoms with Crippen LogP contribution in [0.5, 0.6) is 5.75 Å². The zero-order valence-electron chi connectivity index (χ0n) is 15.4. The fourth-order valence-corrected chi connectivity index (χ4v) is 2.31. The van der Waals surface area contributed by atoms with Crippen LogP contribution in [0.4, 0.5) is 10.5 Å². The first-order valence-electron chi connectivity index (χ1n) is 8.47. The summed E-state index contributed by atoms with van der Waals surface area (Å²) in [6.07, 6.45) is 4.28. The first-order chi connectivity index (χ1) is 12.9. The number of anilines is 1. The molecule has 7 nitrogen and oxygen atoms in total. The quantitative estimate of drug-likeness (QED) is 0.706. The molecule has 1 N–H and O–H groups in total. The minimum absolute atomic E-state index is 0.433. The number of nitrogens with zero attached hydrogens (tertiary/aromatic N) is 2. The van der Waals surface area contributed by atoms with Crippen LogP contribution in [0.2, 0.25) is 0 Å². The third-order valence-electron chi connectivity index (χ3n) is 3.46. The Labute approximate surface area is 157 Å². The van der Waals surface area contributed by atoms with Gasteiger partial charge in [0.2, 0.25) is 0 Å². The molecule has 0 unspecified atom stereocenters. The second-order valence-corrected chi connectivity index (χ2v) is 6.88. The Bertz CT molecular complexity index is 884. The van der Waals surface area contributed by atoms with Gasteiger partial charge in [-0.1, -0.05) is 11.2 Å². The molecule has 2 heterocycles. The van der Waals surface area contributed by atoms with Crippen molar-refractivity contribution in [3.05, 3.63) is 60.6 Å². The molecule has 27 heavy (non-hydrogen) atoms. The highest BCUT2D eigenvalue weighted by atomic mass is 16.6. The zero-order valence-corrected chi connectivity index (χ0v) is 15.4. The highest BCUT2D eigenvalue weighted by molar-refractivity contribution is 5.89. The molecule has 1 aromatic carbocycles.